The minimum Gasteiger partial charge on any atom is -0.396 e. The minimum atomic E-state index is -0.225. The van der Waals surface area contributed by atoms with Crippen LogP contribution in [0.1, 0.15) is 20.8 Å². The molecule has 0 saturated carbocycles. The lowest BCUT2D eigenvalue weighted by Gasteiger charge is -2.07. The van der Waals surface area contributed by atoms with Crippen molar-refractivity contribution < 1.29 is 4.79 Å². The third-order valence-corrected chi connectivity index (χ3v) is 4.37. The smallest absolute Gasteiger partial charge is 0.251 e. The molecule has 1 amide bonds. The van der Waals surface area contributed by atoms with Crippen LogP contribution in [-0.2, 0) is 6.54 Å². The third-order valence-electron chi connectivity index (χ3n) is 2.72. The number of thiophene rings is 1. The van der Waals surface area contributed by atoms with Crippen LogP contribution in [-0.4, -0.2) is 5.91 Å². The molecule has 1 aromatic heterocycles. The Morgan fingerprint density at radius 3 is 2.53 bits per heavy atom. The van der Waals surface area contributed by atoms with E-state index in [2.05, 4.69) is 5.32 Å². The third kappa shape index (κ3) is 3.21. The molecule has 3 nitrogen and oxygen atoms in total. The summed E-state index contributed by atoms with van der Waals surface area (Å²) < 4.78 is 0. The van der Waals surface area contributed by atoms with Gasteiger partial charge >= 0.3 is 0 Å². The first-order valence-corrected chi connectivity index (χ1v) is 7.18. The predicted octanol–water partition coefficient (Wildman–Crippen LogP) is 3.88. The van der Waals surface area contributed by atoms with Crippen LogP contribution in [0.5, 0.6) is 0 Å². The van der Waals surface area contributed by atoms with Gasteiger partial charge in [-0.15, -0.1) is 11.3 Å². The number of nitrogens with two attached hydrogens (primary N) is 1. The van der Waals surface area contributed by atoms with Gasteiger partial charge < -0.3 is 11.1 Å². The molecule has 6 heteroatoms. The molecule has 0 unspecified atom stereocenters. The van der Waals surface area contributed by atoms with Crippen molar-refractivity contribution in [1.82, 2.24) is 5.32 Å². The normalized spacial score (nSPS) is 10.5. The summed E-state index contributed by atoms with van der Waals surface area (Å²) in [5.41, 5.74) is 7.48. The molecule has 0 atom stereocenters. The number of benzene rings is 1. The number of nitrogen functional groups attached to an aromatic ring is 1. The minimum absolute atomic E-state index is 0.225. The molecule has 0 radical (unpaired) electrons. The van der Waals surface area contributed by atoms with Crippen molar-refractivity contribution in [2.24, 2.45) is 0 Å². The van der Waals surface area contributed by atoms with E-state index in [9.17, 15) is 4.79 Å². The molecule has 2 rings (SSSR count). The van der Waals surface area contributed by atoms with Crippen molar-refractivity contribution in [2.75, 3.05) is 5.73 Å². The molecule has 1 aromatic carbocycles. The standard InChI is InChI=1S/C13H12Cl2N2OS/c1-7-2-3-19-11(7)6-17-13(18)8-4-9(14)12(16)10(15)5-8/h2-5H,6,16H2,1H3,(H,17,18). The number of aryl methyl sites for hydroxylation is 1. The van der Waals surface area contributed by atoms with Gasteiger partial charge in [-0.1, -0.05) is 23.2 Å². The lowest BCUT2D eigenvalue weighted by molar-refractivity contribution is 0.0951. The van der Waals surface area contributed by atoms with Crippen LogP contribution in [0.4, 0.5) is 5.69 Å². The van der Waals surface area contributed by atoms with E-state index in [1.807, 2.05) is 18.4 Å². The first kappa shape index (κ1) is 14.2. The van der Waals surface area contributed by atoms with E-state index in [-0.39, 0.29) is 21.6 Å². The Morgan fingerprint density at radius 2 is 2.00 bits per heavy atom. The Balaban J connectivity index is 2.10. The van der Waals surface area contributed by atoms with Crippen molar-refractivity contribution in [1.29, 1.82) is 0 Å². The number of halogens is 2. The highest BCUT2D eigenvalue weighted by Gasteiger charge is 2.11. The number of carbonyl (C=O) groups is 1. The van der Waals surface area contributed by atoms with E-state index >= 15 is 0 Å². The van der Waals surface area contributed by atoms with Crippen LogP contribution in [0, 0.1) is 6.92 Å². The lowest BCUT2D eigenvalue weighted by atomic mass is 10.2. The number of hydrogen-bond donors (Lipinski definition) is 2. The first-order valence-electron chi connectivity index (χ1n) is 5.54. The SMILES string of the molecule is Cc1ccsc1CNC(=O)c1cc(Cl)c(N)c(Cl)c1. The Hall–Kier alpha value is -1.23. The average molecular weight is 315 g/mol. The molecule has 19 heavy (non-hydrogen) atoms. The highest BCUT2D eigenvalue weighted by Crippen LogP contribution is 2.28. The number of hydrogen-bond acceptors (Lipinski definition) is 3. The molecule has 2 aromatic rings. The second-order valence-electron chi connectivity index (χ2n) is 4.06. The van der Waals surface area contributed by atoms with E-state index in [0.29, 0.717) is 12.1 Å². The molecule has 0 aliphatic carbocycles. The van der Waals surface area contributed by atoms with Crippen molar-refractivity contribution in [3.05, 3.63) is 49.6 Å². The number of nitrogens with one attached hydrogen (secondary N) is 1. The first-order chi connectivity index (χ1) is 8.99. The lowest BCUT2D eigenvalue weighted by Crippen LogP contribution is -2.22. The zero-order chi connectivity index (χ0) is 14.0. The van der Waals surface area contributed by atoms with Gasteiger partial charge in [0.15, 0.2) is 0 Å². The maximum Gasteiger partial charge on any atom is 0.251 e. The number of rotatable bonds is 3. The maximum atomic E-state index is 12.0. The summed E-state index contributed by atoms with van der Waals surface area (Å²) in [5.74, 6) is -0.225. The van der Waals surface area contributed by atoms with Gasteiger partial charge in [-0.3, -0.25) is 4.79 Å². The van der Waals surface area contributed by atoms with Crippen molar-refractivity contribution in [3.8, 4) is 0 Å². The summed E-state index contributed by atoms with van der Waals surface area (Å²) in [4.78, 5) is 13.1. The maximum absolute atomic E-state index is 12.0. The molecule has 0 spiro atoms. The molecule has 3 N–H and O–H groups in total. The quantitative estimate of drug-likeness (QED) is 0.845. The van der Waals surface area contributed by atoms with Crippen LogP contribution in [0.25, 0.3) is 0 Å². The highest BCUT2D eigenvalue weighted by atomic mass is 35.5. The van der Waals surface area contributed by atoms with Gasteiger partial charge in [0.2, 0.25) is 0 Å². The van der Waals surface area contributed by atoms with E-state index in [1.54, 1.807) is 11.3 Å². The van der Waals surface area contributed by atoms with Gasteiger partial charge in [-0.05, 0) is 36.1 Å². The van der Waals surface area contributed by atoms with Crippen LogP contribution in [0.3, 0.4) is 0 Å². The number of carbonyl (C=O) groups excluding carboxylic acids is 1. The largest absolute Gasteiger partial charge is 0.396 e. The summed E-state index contributed by atoms with van der Waals surface area (Å²) in [6.07, 6.45) is 0. The summed E-state index contributed by atoms with van der Waals surface area (Å²) in [5, 5.41) is 5.39. The highest BCUT2D eigenvalue weighted by molar-refractivity contribution is 7.10. The van der Waals surface area contributed by atoms with Gasteiger partial charge in [-0.25, -0.2) is 0 Å². The van der Waals surface area contributed by atoms with Crippen LogP contribution < -0.4 is 11.1 Å². The van der Waals surface area contributed by atoms with Crippen molar-refractivity contribution in [3.63, 3.8) is 0 Å². The predicted molar refractivity (Wildman–Crippen MR) is 81.1 cm³/mol. The fourth-order valence-electron chi connectivity index (χ4n) is 1.56. The second kappa shape index (κ2) is 5.82. The molecule has 0 aliphatic rings. The van der Waals surface area contributed by atoms with E-state index < -0.39 is 0 Å². The molecule has 0 saturated heterocycles. The average Bonchev–Trinajstić information content (AvgIpc) is 2.78. The van der Waals surface area contributed by atoms with Crippen molar-refractivity contribution >= 4 is 46.1 Å². The monoisotopic (exact) mass is 314 g/mol. The summed E-state index contributed by atoms with van der Waals surface area (Å²) in [7, 11) is 0. The molecular weight excluding hydrogens is 303 g/mol. The Morgan fingerprint density at radius 1 is 1.37 bits per heavy atom. The van der Waals surface area contributed by atoms with Gasteiger partial charge in [0.25, 0.3) is 5.91 Å². The van der Waals surface area contributed by atoms with Gasteiger partial charge in [0.05, 0.1) is 22.3 Å². The second-order valence-corrected chi connectivity index (χ2v) is 5.88. The molecule has 100 valence electrons. The summed E-state index contributed by atoms with van der Waals surface area (Å²) in [6, 6.07) is 5.04. The Labute approximate surface area is 125 Å². The zero-order valence-corrected chi connectivity index (χ0v) is 12.5. The number of amides is 1. The van der Waals surface area contributed by atoms with Crippen LogP contribution in [0.15, 0.2) is 23.6 Å². The summed E-state index contributed by atoms with van der Waals surface area (Å²) >= 11 is 13.4. The van der Waals surface area contributed by atoms with Gasteiger partial charge in [0.1, 0.15) is 0 Å². The van der Waals surface area contributed by atoms with Crippen LogP contribution in [0.2, 0.25) is 10.0 Å². The van der Waals surface area contributed by atoms with Gasteiger partial charge in [0, 0.05) is 10.4 Å². The van der Waals surface area contributed by atoms with E-state index in [1.165, 1.54) is 17.7 Å². The van der Waals surface area contributed by atoms with Crippen LogP contribution >= 0.6 is 34.5 Å². The molecule has 0 bridgehead atoms. The molecule has 1 heterocycles. The van der Waals surface area contributed by atoms with Crippen molar-refractivity contribution in [2.45, 2.75) is 13.5 Å². The molecule has 0 fully saturated rings. The Kier molecular flexibility index (Phi) is 4.34. The van der Waals surface area contributed by atoms with E-state index in [4.69, 9.17) is 28.9 Å². The topological polar surface area (TPSA) is 55.1 Å². The Bertz CT molecular complexity index is 602. The zero-order valence-electron chi connectivity index (χ0n) is 10.2. The van der Waals surface area contributed by atoms with E-state index in [0.717, 1.165) is 4.88 Å². The summed E-state index contributed by atoms with van der Waals surface area (Å²) in [6.45, 7) is 2.50. The molecule has 0 aliphatic heterocycles. The fourth-order valence-corrected chi connectivity index (χ4v) is 2.90. The number of anilines is 1. The fraction of sp³-hybridized carbons (Fsp3) is 0.154. The molecular formula is C13H12Cl2N2OS. The van der Waals surface area contributed by atoms with Gasteiger partial charge in [-0.2, -0.15) is 0 Å².